The molecule has 1 N–H and O–H groups in total. The molecule has 0 spiro atoms. The van der Waals surface area contributed by atoms with E-state index in [2.05, 4.69) is 49.9 Å². The summed E-state index contributed by atoms with van der Waals surface area (Å²) in [6.45, 7) is 8.33. The highest BCUT2D eigenvalue weighted by Gasteiger charge is 2.18. The van der Waals surface area contributed by atoms with E-state index in [-0.39, 0.29) is 6.61 Å². The Morgan fingerprint density at radius 1 is 1.24 bits per heavy atom. The van der Waals surface area contributed by atoms with Gasteiger partial charge in [0.15, 0.2) is 5.13 Å². The largest absolute Gasteiger partial charge is 0.391 e. The molecule has 0 aliphatic carbocycles. The van der Waals surface area contributed by atoms with Gasteiger partial charge in [-0.3, -0.25) is 0 Å². The molecule has 0 bridgehead atoms. The van der Waals surface area contributed by atoms with E-state index in [0.29, 0.717) is 5.92 Å². The fourth-order valence-electron chi connectivity index (χ4n) is 2.30. The number of rotatable bonds is 7. The number of nitrogens with zero attached hydrogens (tertiary/aromatic N) is 2. The zero-order chi connectivity index (χ0) is 15.2. The molecule has 1 atom stereocenters. The summed E-state index contributed by atoms with van der Waals surface area (Å²) in [5, 5.41) is 10.6. The van der Waals surface area contributed by atoms with Crippen LogP contribution < -0.4 is 4.90 Å². The van der Waals surface area contributed by atoms with Gasteiger partial charge in [0.1, 0.15) is 0 Å². The molecule has 0 saturated carbocycles. The molecule has 4 heteroatoms. The molecule has 1 heterocycles. The van der Waals surface area contributed by atoms with Gasteiger partial charge in [-0.2, -0.15) is 0 Å². The highest BCUT2D eigenvalue weighted by Crippen LogP contribution is 2.32. The molecular formula is C17H24N2OS. The number of thiazole rings is 1. The van der Waals surface area contributed by atoms with Gasteiger partial charge in [0.05, 0.1) is 17.2 Å². The smallest absolute Gasteiger partial charge is 0.186 e. The molecule has 0 fully saturated rings. The molecular weight excluding hydrogens is 280 g/mol. The monoisotopic (exact) mass is 304 g/mol. The summed E-state index contributed by atoms with van der Waals surface area (Å²) >= 11 is 1.62. The molecule has 21 heavy (non-hydrogen) atoms. The fourth-order valence-corrected chi connectivity index (χ4v) is 3.40. The van der Waals surface area contributed by atoms with Crippen molar-refractivity contribution < 1.29 is 5.11 Å². The number of hydrogen-bond donors (Lipinski definition) is 1. The number of aliphatic hydroxyl groups excluding tert-OH is 1. The second-order valence-electron chi connectivity index (χ2n) is 5.27. The Balaban J connectivity index is 2.24. The first kappa shape index (κ1) is 16.0. The molecule has 0 amide bonds. The van der Waals surface area contributed by atoms with Crippen LogP contribution in [0.25, 0.3) is 0 Å². The van der Waals surface area contributed by atoms with Crippen LogP contribution in [0.15, 0.2) is 30.3 Å². The van der Waals surface area contributed by atoms with Crippen LogP contribution in [0, 0.1) is 0 Å². The Labute approximate surface area is 131 Å². The van der Waals surface area contributed by atoms with Crippen LogP contribution in [0.2, 0.25) is 0 Å². The molecule has 0 saturated heterocycles. The average molecular weight is 304 g/mol. The minimum Gasteiger partial charge on any atom is -0.391 e. The number of benzene rings is 1. The van der Waals surface area contributed by atoms with Gasteiger partial charge in [0.2, 0.25) is 0 Å². The third-order valence-electron chi connectivity index (χ3n) is 3.81. The highest BCUT2D eigenvalue weighted by molar-refractivity contribution is 7.15. The Kier molecular flexibility index (Phi) is 5.76. The van der Waals surface area contributed by atoms with Gasteiger partial charge in [0, 0.05) is 13.1 Å². The van der Waals surface area contributed by atoms with Crippen molar-refractivity contribution >= 4 is 16.5 Å². The zero-order valence-corrected chi connectivity index (χ0v) is 13.9. The molecule has 3 nitrogen and oxygen atoms in total. The lowest BCUT2D eigenvalue weighted by atomic mass is 10.0. The van der Waals surface area contributed by atoms with Gasteiger partial charge in [-0.05, 0) is 24.8 Å². The van der Waals surface area contributed by atoms with Crippen LogP contribution in [0.5, 0.6) is 0 Å². The first-order valence-electron chi connectivity index (χ1n) is 7.58. The van der Waals surface area contributed by atoms with Crippen LogP contribution in [0.3, 0.4) is 0 Å². The van der Waals surface area contributed by atoms with Crippen molar-refractivity contribution in [1.29, 1.82) is 0 Å². The minimum absolute atomic E-state index is 0.0836. The maximum atomic E-state index is 9.57. The topological polar surface area (TPSA) is 36.4 Å². The van der Waals surface area contributed by atoms with Gasteiger partial charge >= 0.3 is 0 Å². The summed E-state index contributed by atoms with van der Waals surface area (Å²) in [5.41, 5.74) is 2.34. The lowest BCUT2D eigenvalue weighted by Crippen LogP contribution is -2.21. The standard InChI is InChI=1S/C17H24N2OS/c1-4-13(3)16-15(12-20)21-17(18-16)19(5-2)11-14-9-7-6-8-10-14/h6-10,13,20H,4-5,11-12H2,1-3H3. The van der Waals surface area contributed by atoms with Crippen molar-refractivity contribution in [1.82, 2.24) is 4.98 Å². The minimum atomic E-state index is 0.0836. The fraction of sp³-hybridized carbons (Fsp3) is 0.471. The van der Waals surface area contributed by atoms with Gasteiger partial charge in [0.25, 0.3) is 0 Å². The second-order valence-corrected chi connectivity index (χ2v) is 6.33. The number of hydrogen-bond acceptors (Lipinski definition) is 4. The lowest BCUT2D eigenvalue weighted by Gasteiger charge is -2.19. The Morgan fingerprint density at radius 3 is 2.52 bits per heavy atom. The highest BCUT2D eigenvalue weighted by atomic mass is 32.1. The summed E-state index contributed by atoms with van der Waals surface area (Å²) in [4.78, 5) is 8.08. The van der Waals surface area contributed by atoms with E-state index < -0.39 is 0 Å². The van der Waals surface area contributed by atoms with E-state index in [9.17, 15) is 5.11 Å². The SMILES string of the molecule is CCC(C)c1nc(N(CC)Cc2ccccc2)sc1CO. The third kappa shape index (κ3) is 3.83. The predicted octanol–water partition coefficient (Wildman–Crippen LogP) is 4.18. The summed E-state index contributed by atoms with van der Waals surface area (Å²) in [7, 11) is 0. The summed E-state index contributed by atoms with van der Waals surface area (Å²) in [6, 6.07) is 10.4. The van der Waals surface area contributed by atoms with E-state index >= 15 is 0 Å². The molecule has 0 radical (unpaired) electrons. The third-order valence-corrected chi connectivity index (χ3v) is 4.92. The average Bonchev–Trinajstić information content (AvgIpc) is 2.97. The van der Waals surface area contributed by atoms with Crippen molar-refractivity contribution in [3.05, 3.63) is 46.5 Å². The normalized spacial score (nSPS) is 12.4. The molecule has 0 aliphatic rings. The number of anilines is 1. The van der Waals surface area contributed by atoms with Crippen molar-refractivity contribution in [2.75, 3.05) is 11.4 Å². The van der Waals surface area contributed by atoms with E-state index in [1.807, 2.05) is 6.07 Å². The van der Waals surface area contributed by atoms with E-state index in [1.54, 1.807) is 11.3 Å². The predicted molar refractivity (Wildman–Crippen MR) is 89.9 cm³/mol. The Hall–Kier alpha value is -1.39. The molecule has 1 unspecified atom stereocenters. The van der Waals surface area contributed by atoms with Crippen molar-refractivity contribution in [3.63, 3.8) is 0 Å². The van der Waals surface area contributed by atoms with Crippen LogP contribution >= 0.6 is 11.3 Å². The molecule has 1 aromatic heterocycles. The maximum Gasteiger partial charge on any atom is 0.186 e. The van der Waals surface area contributed by atoms with E-state index in [1.165, 1.54) is 5.56 Å². The first-order valence-corrected chi connectivity index (χ1v) is 8.40. The van der Waals surface area contributed by atoms with Gasteiger partial charge in [-0.25, -0.2) is 4.98 Å². The van der Waals surface area contributed by atoms with Gasteiger partial charge in [-0.1, -0.05) is 55.5 Å². The quantitative estimate of drug-likeness (QED) is 0.834. The first-order chi connectivity index (χ1) is 10.2. The van der Waals surface area contributed by atoms with Gasteiger partial charge < -0.3 is 10.0 Å². The maximum absolute atomic E-state index is 9.57. The summed E-state index contributed by atoms with van der Waals surface area (Å²) in [6.07, 6.45) is 1.04. The van der Waals surface area contributed by atoms with Crippen LogP contribution in [0.4, 0.5) is 5.13 Å². The zero-order valence-electron chi connectivity index (χ0n) is 13.0. The number of aromatic nitrogens is 1. The van der Waals surface area contributed by atoms with Crippen molar-refractivity contribution in [3.8, 4) is 0 Å². The van der Waals surface area contributed by atoms with Crippen molar-refractivity contribution in [2.24, 2.45) is 0 Å². The summed E-state index contributed by atoms with van der Waals surface area (Å²) in [5.74, 6) is 0.396. The van der Waals surface area contributed by atoms with Crippen LogP contribution in [0.1, 0.15) is 49.2 Å². The second kappa shape index (κ2) is 7.57. The lowest BCUT2D eigenvalue weighted by molar-refractivity contribution is 0.283. The summed E-state index contributed by atoms with van der Waals surface area (Å²) < 4.78 is 0. The van der Waals surface area contributed by atoms with E-state index in [4.69, 9.17) is 4.98 Å². The van der Waals surface area contributed by atoms with Gasteiger partial charge in [-0.15, -0.1) is 0 Å². The molecule has 2 rings (SSSR count). The molecule has 0 aliphatic heterocycles. The van der Waals surface area contributed by atoms with Crippen LogP contribution in [-0.4, -0.2) is 16.6 Å². The molecule has 1 aromatic carbocycles. The molecule has 114 valence electrons. The molecule has 2 aromatic rings. The number of aliphatic hydroxyl groups is 1. The Bertz CT molecular complexity index is 553. The van der Waals surface area contributed by atoms with Crippen molar-refractivity contribution in [2.45, 2.75) is 46.3 Å². The Morgan fingerprint density at radius 2 is 1.95 bits per heavy atom. The van der Waals surface area contributed by atoms with Crippen LogP contribution in [-0.2, 0) is 13.2 Å². The van der Waals surface area contributed by atoms with E-state index in [0.717, 1.165) is 35.2 Å².